The molecule has 4 N–H and O–H groups in total. The predicted octanol–water partition coefficient (Wildman–Crippen LogP) is 3.79. The van der Waals surface area contributed by atoms with E-state index in [9.17, 15) is 14.7 Å². The molecule has 2 aromatic heterocycles. The molecule has 1 saturated heterocycles. The standard InChI is InChI=1S/C22H26O5.C8H11N3O3S/c1-6-7-13-10-15(23)26-21-16(13)20-14(8-9-22(4,5)27-20)19-17(21)18(24)11(2)12(3)25-19;9-5-1-2-11(8(13)10-5)6-4-15-7(3-12)14-6/h8-12,18,24H,6-7H2,1-5H3;1-2,6-7,12H,3-4H2,(H2,9,10,13)/t11-,12-,18-;6-,7-/m01/s1. The molecule has 42 heavy (non-hydrogen) atoms. The van der Waals surface area contributed by atoms with Gasteiger partial charge in [0.1, 0.15) is 40.7 Å². The Bertz CT molecular complexity index is 1630. The number of benzene rings is 1. The summed E-state index contributed by atoms with van der Waals surface area (Å²) in [6.45, 7) is 9.85. The molecule has 5 atom stereocenters. The van der Waals surface area contributed by atoms with E-state index in [1.54, 1.807) is 12.3 Å². The van der Waals surface area contributed by atoms with Crippen LogP contribution in [0.4, 0.5) is 5.82 Å². The Balaban J connectivity index is 0.000000199. The van der Waals surface area contributed by atoms with Gasteiger partial charge in [-0.1, -0.05) is 20.3 Å². The molecule has 6 rings (SSSR count). The molecule has 0 unspecified atom stereocenters. The number of fused-ring (bicyclic) bond motifs is 6. The second kappa shape index (κ2) is 11.8. The molecule has 0 amide bonds. The van der Waals surface area contributed by atoms with Crippen LogP contribution in [0.15, 0.2) is 38.4 Å². The van der Waals surface area contributed by atoms with Crippen molar-refractivity contribution in [1.82, 2.24) is 9.55 Å². The molecule has 0 spiro atoms. The van der Waals surface area contributed by atoms with Crippen LogP contribution in [0.3, 0.4) is 0 Å². The minimum absolute atomic E-state index is 0.0572. The van der Waals surface area contributed by atoms with Gasteiger partial charge in [-0.05, 0) is 51.0 Å². The zero-order valence-electron chi connectivity index (χ0n) is 24.3. The van der Waals surface area contributed by atoms with Gasteiger partial charge in [-0.15, -0.1) is 11.8 Å². The highest BCUT2D eigenvalue weighted by molar-refractivity contribution is 8.00. The van der Waals surface area contributed by atoms with Gasteiger partial charge in [0.05, 0.1) is 29.2 Å². The average Bonchev–Trinajstić information content (AvgIpc) is 3.40. The van der Waals surface area contributed by atoms with Gasteiger partial charge in [0.2, 0.25) is 0 Å². The first-order valence-corrected chi connectivity index (χ1v) is 15.1. The first-order chi connectivity index (χ1) is 19.9. The summed E-state index contributed by atoms with van der Waals surface area (Å²) < 4.78 is 24.9. The number of thioether (sulfide) groups is 1. The zero-order chi connectivity index (χ0) is 30.3. The van der Waals surface area contributed by atoms with Crippen LogP contribution in [0.1, 0.15) is 70.1 Å². The summed E-state index contributed by atoms with van der Waals surface area (Å²) >= 11 is 1.47. The third-order valence-corrected chi connectivity index (χ3v) is 8.78. The van der Waals surface area contributed by atoms with Gasteiger partial charge in [0.25, 0.3) is 0 Å². The average molecular weight is 600 g/mol. The minimum atomic E-state index is -0.778. The van der Waals surface area contributed by atoms with Crippen molar-refractivity contribution in [1.29, 1.82) is 0 Å². The van der Waals surface area contributed by atoms with Crippen molar-refractivity contribution in [3.8, 4) is 11.5 Å². The van der Waals surface area contributed by atoms with E-state index in [4.69, 9.17) is 29.5 Å². The highest BCUT2D eigenvalue weighted by Crippen LogP contribution is 2.52. The van der Waals surface area contributed by atoms with Crippen LogP contribution < -0.4 is 26.5 Å². The molecule has 1 aromatic carbocycles. The lowest BCUT2D eigenvalue weighted by atomic mass is 9.85. The largest absolute Gasteiger partial charge is 0.489 e. The molecule has 3 aromatic rings. The summed E-state index contributed by atoms with van der Waals surface area (Å²) in [7, 11) is 0. The third kappa shape index (κ3) is 5.68. The Hall–Kier alpha value is -3.32. The Morgan fingerprint density at radius 1 is 1.24 bits per heavy atom. The van der Waals surface area contributed by atoms with Gasteiger partial charge < -0.3 is 34.6 Å². The van der Waals surface area contributed by atoms with Crippen molar-refractivity contribution in [3.05, 3.63) is 62.0 Å². The molecule has 3 aliphatic rings. The lowest BCUT2D eigenvalue weighted by Crippen LogP contribution is -2.34. The van der Waals surface area contributed by atoms with Crippen LogP contribution in [-0.2, 0) is 11.2 Å². The maximum absolute atomic E-state index is 12.3. The molecular weight excluding hydrogens is 562 g/mol. The highest BCUT2D eigenvalue weighted by Gasteiger charge is 2.39. The highest BCUT2D eigenvalue weighted by atomic mass is 32.2. The topological polar surface area (TPSA) is 159 Å². The number of aliphatic hydroxyl groups is 2. The van der Waals surface area contributed by atoms with Gasteiger partial charge in [0, 0.05) is 23.9 Å². The normalized spacial score (nSPS) is 25.5. The summed E-state index contributed by atoms with van der Waals surface area (Å²) in [5.41, 5.74) is 6.40. The molecular formula is C30H37N3O8S. The van der Waals surface area contributed by atoms with Crippen molar-refractivity contribution < 1.29 is 28.8 Å². The first kappa shape index (κ1) is 30.1. The second-order valence-corrected chi connectivity index (χ2v) is 12.5. The number of nitrogen functional groups attached to an aromatic ring is 1. The quantitative estimate of drug-likeness (QED) is 0.375. The van der Waals surface area contributed by atoms with Crippen LogP contribution in [0.5, 0.6) is 11.5 Å². The summed E-state index contributed by atoms with van der Waals surface area (Å²) in [6.07, 6.45) is 5.83. The number of aryl methyl sites for hydroxylation is 1. The molecule has 0 bridgehead atoms. The van der Waals surface area contributed by atoms with Crippen LogP contribution in [0.25, 0.3) is 17.0 Å². The van der Waals surface area contributed by atoms with E-state index in [-0.39, 0.29) is 36.1 Å². The molecule has 12 heteroatoms. The number of ether oxygens (including phenoxy) is 3. The number of hydrogen-bond donors (Lipinski definition) is 3. The molecule has 11 nitrogen and oxygen atoms in total. The van der Waals surface area contributed by atoms with E-state index in [1.807, 2.05) is 39.8 Å². The van der Waals surface area contributed by atoms with Crippen molar-refractivity contribution in [2.45, 2.75) is 76.9 Å². The summed E-state index contributed by atoms with van der Waals surface area (Å²) in [5.74, 6) is 1.91. The van der Waals surface area contributed by atoms with Crippen molar-refractivity contribution >= 4 is 34.6 Å². The Kier molecular flexibility index (Phi) is 8.44. The number of nitrogens with zero attached hydrogens (tertiary/aromatic N) is 2. The fourth-order valence-corrected chi connectivity index (χ4v) is 6.24. The Morgan fingerprint density at radius 2 is 2.00 bits per heavy atom. The summed E-state index contributed by atoms with van der Waals surface area (Å²) in [4.78, 5) is 27.3. The number of aromatic nitrogens is 2. The number of nitrogens with two attached hydrogens (primary N) is 1. The van der Waals surface area contributed by atoms with Gasteiger partial charge in [-0.25, -0.2) is 9.59 Å². The SMILES string of the molecule is CCCc1cc(=O)oc2c3c(c4c(c12)OC(C)(C)C=C4)O[C@@H](C)[C@H](C)[C@@H]3O.Nc1ccn([C@H]2CS[C@H](CO)O2)c(=O)n1. The Labute approximate surface area is 247 Å². The van der Waals surface area contributed by atoms with E-state index in [2.05, 4.69) is 11.9 Å². The van der Waals surface area contributed by atoms with Crippen molar-refractivity contribution in [2.75, 3.05) is 18.1 Å². The maximum atomic E-state index is 12.3. The lowest BCUT2D eigenvalue weighted by Gasteiger charge is -2.37. The van der Waals surface area contributed by atoms with Crippen LogP contribution in [0, 0.1) is 5.92 Å². The van der Waals surface area contributed by atoms with Crippen LogP contribution in [-0.4, -0.2) is 49.3 Å². The number of aliphatic hydroxyl groups excluding tert-OH is 2. The van der Waals surface area contributed by atoms with Gasteiger partial charge >= 0.3 is 11.3 Å². The van der Waals surface area contributed by atoms with E-state index < -0.39 is 23.0 Å². The molecule has 5 heterocycles. The number of rotatable bonds is 4. The first-order valence-electron chi connectivity index (χ1n) is 14.1. The molecule has 0 saturated carbocycles. The van der Waals surface area contributed by atoms with E-state index >= 15 is 0 Å². The fraction of sp³-hybridized carbons (Fsp3) is 0.500. The van der Waals surface area contributed by atoms with Crippen LogP contribution >= 0.6 is 11.8 Å². The fourth-order valence-electron chi connectivity index (χ4n) is 5.31. The Morgan fingerprint density at radius 3 is 2.67 bits per heavy atom. The molecule has 226 valence electrons. The molecule has 1 fully saturated rings. The number of anilines is 1. The van der Waals surface area contributed by atoms with Gasteiger partial charge in [0.15, 0.2) is 5.58 Å². The van der Waals surface area contributed by atoms with Gasteiger partial charge in [-0.3, -0.25) is 4.57 Å². The molecule has 0 aliphatic carbocycles. The van der Waals surface area contributed by atoms with E-state index in [0.29, 0.717) is 28.4 Å². The second-order valence-electron chi connectivity index (χ2n) is 11.3. The monoisotopic (exact) mass is 599 g/mol. The minimum Gasteiger partial charge on any atom is -0.489 e. The number of hydrogen-bond acceptors (Lipinski definition) is 11. The van der Waals surface area contributed by atoms with E-state index in [0.717, 1.165) is 29.4 Å². The van der Waals surface area contributed by atoms with Crippen molar-refractivity contribution in [2.24, 2.45) is 5.92 Å². The summed E-state index contributed by atoms with van der Waals surface area (Å²) in [6, 6.07) is 3.08. The lowest BCUT2D eigenvalue weighted by molar-refractivity contribution is -0.00629. The molecule has 0 radical (unpaired) electrons. The predicted molar refractivity (Wildman–Crippen MR) is 161 cm³/mol. The molecule has 3 aliphatic heterocycles. The maximum Gasteiger partial charge on any atom is 0.351 e. The smallest absolute Gasteiger partial charge is 0.351 e. The zero-order valence-corrected chi connectivity index (χ0v) is 25.1. The summed E-state index contributed by atoms with van der Waals surface area (Å²) in [5, 5.41) is 20.7. The van der Waals surface area contributed by atoms with Crippen molar-refractivity contribution in [3.63, 3.8) is 0 Å². The van der Waals surface area contributed by atoms with Crippen LogP contribution in [0.2, 0.25) is 0 Å². The van der Waals surface area contributed by atoms with E-state index in [1.165, 1.54) is 22.4 Å². The van der Waals surface area contributed by atoms with Gasteiger partial charge in [-0.2, -0.15) is 4.98 Å². The third-order valence-electron chi connectivity index (χ3n) is 7.67.